The Morgan fingerprint density at radius 3 is 2.74 bits per heavy atom. The van der Waals surface area contributed by atoms with Gasteiger partial charge in [0.05, 0.1) is 0 Å². The Morgan fingerprint density at radius 2 is 2.00 bits per heavy atom. The van der Waals surface area contributed by atoms with Gasteiger partial charge in [0, 0.05) is 17.8 Å². The lowest BCUT2D eigenvalue weighted by Gasteiger charge is -2.07. The number of rotatable bonds is 3. The van der Waals surface area contributed by atoms with E-state index >= 15 is 0 Å². The first-order valence-electron chi connectivity index (χ1n) is 6.49. The highest BCUT2D eigenvalue weighted by atomic mass is 16.5. The zero-order chi connectivity index (χ0) is 13.2. The first-order valence-corrected chi connectivity index (χ1v) is 6.49. The molecule has 1 aromatic carbocycles. The lowest BCUT2D eigenvalue weighted by atomic mass is 10.1. The molecule has 0 unspecified atom stereocenters. The van der Waals surface area contributed by atoms with Crippen molar-refractivity contribution in [1.82, 2.24) is 4.98 Å². The summed E-state index contributed by atoms with van der Waals surface area (Å²) in [6.45, 7) is 1.53. The van der Waals surface area contributed by atoms with Crippen LogP contribution in [0, 0.1) is 0 Å². The van der Waals surface area contributed by atoms with E-state index in [-0.39, 0.29) is 5.78 Å². The molecule has 0 bridgehead atoms. The lowest BCUT2D eigenvalue weighted by molar-refractivity contribution is 0.101. The number of pyridine rings is 1. The second kappa shape index (κ2) is 4.84. The SMILES string of the molecule is CC(=O)c1ccc(Oc2ccc3c(c2)CCC3)nc1. The smallest absolute Gasteiger partial charge is 0.219 e. The lowest BCUT2D eigenvalue weighted by Crippen LogP contribution is -1.94. The van der Waals surface area contributed by atoms with Gasteiger partial charge >= 0.3 is 0 Å². The number of aryl methyl sites for hydroxylation is 2. The number of nitrogens with zero attached hydrogens (tertiary/aromatic N) is 1. The van der Waals surface area contributed by atoms with Crippen LogP contribution in [0.15, 0.2) is 36.5 Å². The molecule has 3 nitrogen and oxygen atoms in total. The van der Waals surface area contributed by atoms with Crippen molar-refractivity contribution in [2.45, 2.75) is 26.2 Å². The molecule has 19 heavy (non-hydrogen) atoms. The highest BCUT2D eigenvalue weighted by molar-refractivity contribution is 5.93. The molecule has 1 aliphatic rings. The van der Waals surface area contributed by atoms with Gasteiger partial charge in [-0.1, -0.05) is 6.07 Å². The van der Waals surface area contributed by atoms with Gasteiger partial charge in [-0.3, -0.25) is 4.79 Å². The summed E-state index contributed by atoms with van der Waals surface area (Å²) in [5.41, 5.74) is 3.39. The third-order valence-corrected chi connectivity index (χ3v) is 3.44. The zero-order valence-corrected chi connectivity index (χ0v) is 10.8. The maximum Gasteiger partial charge on any atom is 0.219 e. The van der Waals surface area contributed by atoms with Gasteiger partial charge in [0.25, 0.3) is 0 Å². The molecule has 1 aliphatic carbocycles. The highest BCUT2D eigenvalue weighted by Gasteiger charge is 2.11. The van der Waals surface area contributed by atoms with Gasteiger partial charge in [-0.15, -0.1) is 0 Å². The number of ether oxygens (including phenoxy) is 1. The van der Waals surface area contributed by atoms with E-state index < -0.39 is 0 Å². The van der Waals surface area contributed by atoms with Crippen LogP contribution in [0.4, 0.5) is 0 Å². The van der Waals surface area contributed by atoms with Crippen LogP contribution in [0.25, 0.3) is 0 Å². The number of Topliss-reactive ketones (excluding diaryl/α,β-unsaturated/α-hetero) is 1. The van der Waals surface area contributed by atoms with E-state index in [2.05, 4.69) is 17.1 Å². The standard InChI is InChI=1S/C16H15NO2/c1-11(18)14-6-8-16(17-10-14)19-15-7-5-12-3-2-4-13(12)9-15/h5-10H,2-4H2,1H3. The van der Waals surface area contributed by atoms with Crippen LogP contribution in [0.3, 0.4) is 0 Å². The molecule has 0 saturated carbocycles. The fourth-order valence-corrected chi connectivity index (χ4v) is 2.38. The largest absolute Gasteiger partial charge is 0.439 e. The molecule has 0 fully saturated rings. The highest BCUT2D eigenvalue weighted by Crippen LogP contribution is 2.28. The van der Waals surface area contributed by atoms with Crippen molar-refractivity contribution in [1.29, 1.82) is 0 Å². The van der Waals surface area contributed by atoms with Crippen LogP contribution in [0.1, 0.15) is 34.8 Å². The molecule has 0 atom stereocenters. The third kappa shape index (κ3) is 2.50. The van der Waals surface area contributed by atoms with Gasteiger partial charge in [-0.25, -0.2) is 4.98 Å². The monoisotopic (exact) mass is 253 g/mol. The van der Waals surface area contributed by atoms with Gasteiger partial charge in [0.1, 0.15) is 5.75 Å². The summed E-state index contributed by atoms with van der Waals surface area (Å²) < 4.78 is 5.72. The molecule has 0 N–H and O–H groups in total. The summed E-state index contributed by atoms with van der Waals surface area (Å²) in [6.07, 6.45) is 5.07. The van der Waals surface area contributed by atoms with Crippen LogP contribution in [-0.2, 0) is 12.8 Å². The number of carbonyl (C=O) groups is 1. The van der Waals surface area contributed by atoms with E-state index in [1.54, 1.807) is 18.3 Å². The third-order valence-electron chi connectivity index (χ3n) is 3.44. The van der Waals surface area contributed by atoms with Gasteiger partial charge in [-0.05, 0) is 55.5 Å². The normalized spacial score (nSPS) is 13.1. The summed E-state index contributed by atoms with van der Waals surface area (Å²) >= 11 is 0. The van der Waals surface area contributed by atoms with E-state index in [0.29, 0.717) is 11.4 Å². The van der Waals surface area contributed by atoms with Crippen molar-refractivity contribution in [3.8, 4) is 11.6 Å². The van der Waals surface area contributed by atoms with E-state index in [1.165, 1.54) is 30.9 Å². The summed E-state index contributed by atoms with van der Waals surface area (Å²) in [5.74, 6) is 1.34. The number of benzene rings is 1. The van der Waals surface area contributed by atoms with Crippen LogP contribution in [-0.4, -0.2) is 10.8 Å². The molecular weight excluding hydrogens is 238 g/mol. The first kappa shape index (κ1) is 11.9. The van der Waals surface area contributed by atoms with E-state index in [0.717, 1.165) is 12.2 Å². The Bertz CT molecular complexity index is 617. The maximum absolute atomic E-state index is 11.2. The van der Waals surface area contributed by atoms with Gasteiger partial charge in [0.15, 0.2) is 5.78 Å². The molecule has 0 saturated heterocycles. The maximum atomic E-state index is 11.2. The molecule has 1 heterocycles. The number of aromatic nitrogens is 1. The average Bonchev–Trinajstić information content (AvgIpc) is 2.87. The summed E-state index contributed by atoms with van der Waals surface area (Å²) in [6, 6.07) is 9.65. The van der Waals surface area contributed by atoms with Gasteiger partial charge in [-0.2, -0.15) is 0 Å². The Labute approximate surface area is 112 Å². The molecule has 0 spiro atoms. The number of carbonyl (C=O) groups excluding carboxylic acids is 1. The van der Waals surface area contributed by atoms with Crippen LogP contribution < -0.4 is 4.74 Å². The van der Waals surface area contributed by atoms with Crippen molar-refractivity contribution in [2.24, 2.45) is 0 Å². The number of fused-ring (bicyclic) bond motifs is 1. The van der Waals surface area contributed by atoms with E-state index in [9.17, 15) is 4.79 Å². The fourth-order valence-electron chi connectivity index (χ4n) is 2.38. The summed E-state index contributed by atoms with van der Waals surface area (Å²) in [5, 5.41) is 0. The van der Waals surface area contributed by atoms with Crippen molar-refractivity contribution in [2.75, 3.05) is 0 Å². The fraction of sp³-hybridized carbons (Fsp3) is 0.250. The molecule has 3 heteroatoms. The summed E-state index contributed by atoms with van der Waals surface area (Å²) in [4.78, 5) is 15.3. The van der Waals surface area contributed by atoms with Crippen LogP contribution in [0.2, 0.25) is 0 Å². The predicted octanol–water partition coefficient (Wildman–Crippen LogP) is 3.57. The number of hydrogen-bond donors (Lipinski definition) is 0. The Kier molecular flexibility index (Phi) is 3.03. The molecule has 3 rings (SSSR count). The molecule has 0 radical (unpaired) electrons. The predicted molar refractivity (Wildman–Crippen MR) is 72.8 cm³/mol. The molecule has 1 aromatic heterocycles. The minimum atomic E-state index is 0.0107. The molecular formula is C16H15NO2. The average molecular weight is 253 g/mol. The van der Waals surface area contributed by atoms with E-state index in [4.69, 9.17) is 4.74 Å². The zero-order valence-electron chi connectivity index (χ0n) is 10.8. The van der Waals surface area contributed by atoms with Gasteiger partial charge in [0.2, 0.25) is 5.88 Å². The Balaban J connectivity index is 1.79. The minimum absolute atomic E-state index is 0.0107. The second-order valence-corrected chi connectivity index (χ2v) is 4.83. The molecule has 0 aliphatic heterocycles. The molecule has 0 amide bonds. The Hall–Kier alpha value is -2.16. The number of hydrogen-bond acceptors (Lipinski definition) is 3. The minimum Gasteiger partial charge on any atom is -0.439 e. The quantitative estimate of drug-likeness (QED) is 0.785. The second-order valence-electron chi connectivity index (χ2n) is 4.83. The van der Waals surface area contributed by atoms with E-state index in [1.807, 2.05) is 6.07 Å². The Morgan fingerprint density at radius 1 is 1.16 bits per heavy atom. The van der Waals surface area contributed by atoms with Crippen molar-refractivity contribution in [3.05, 3.63) is 53.2 Å². The summed E-state index contributed by atoms with van der Waals surface area (Å²) in [7, 11) is 0. The molecule has 96 valence electrons. The van der Waals surface area contributed by atoms with Crippen LogP contribution in [0.5, 0.6) is 11.6 Å². The van der Waals surface area contributed by atoms with Crippen molar-refractivity contribution >= 4 is 5.78 Å². The van der Waals surface area contributed by atoms with Gasteiger partial charge < -0.3 is 4.74 Å². The van der Waals surface area contributed by atoms with Crippen LogP contribution >= 0.6 is 0 Å². The van der Waals surface area contributed by atoms with Crippen molar-refractivity contribution < 1.29 is 9.53 Å². The molecule has 2 aromatic rings. The van der Waals surface area contributed by atoms with Crippen molar-refractivity contribution in [3.63, 3.8) is 0 Å². The topological polar surface area (TPSA) is 39.2 Å². The first-order chi connectivity index (χ1) is 9.22. The number of ketones is 1.